The molecule has 0 aromatic rings. The zero-order valence-corrected chi connectivity index (χ0v) is 13.1. The van der Waals surface area contributed by atoms with Gasteiger partial charge in [-0.25, -0.2) is 0 Å². The number of rotatable bonds is 5. The highest BCUT2D eigenvalue weighted by Crippen LogP contribution is 2.17. The highest BCUT2D eigenvalue weighted by atomic mass is 16.5. The maximum Gasteiger partial charge on any atom is 0.0619 e. The van der Waals surface area contributed by atoms with Crippen LogP contribution >= 0.6 is 0 Å². The Balaban J connectivity index is 1.98. The fraction of sp³-hybridized carbons (Fsp3) is 0.750. The summed E-state index contributed by atoms with van der Waals surface area (Å²) in [6.07, 6.45) is 2.02. The lowest BCUT2D eigenvalue weighted by Gasteiger charge is -2.45. The van der Waals surface area contributed by atoms with Gasteiger partial charge in [-0.15, -0.1) is 6.58 Å². The summed E-state index contributed by atoms with van der Waals surface area (Å²) in [6, 6.07) is 1.08. The molecule has 0 bridgehead atoms. The first kappa shape index (κ1) is 15.5. The molecule has 4 nitrogen and oxygen atoms in total. The summed E-state index contributed by atoms with van der Waals surface area (Å²) in [5.74, 6) is 0. The Hall–Kier alpha value is -0.840. The standard InChI is InChI=1S/C16H29N3O/c1-5-6-17-7-8-18(14(2)3)11-16(17)12-19-9-10-20-13-15(19)4/h5,15-16H,1-2,6-13H2,3-4H3. The van der Waals surface area contributed by atoms with Crippen LogP contribution in [0.3, 0.4) is 0 Å². The minimum atomic E-state index is 0.523. The first-order valence-electron chi connectivity index (χ1n) is 7.69. The zero-order valence-electron chi connectivity index (χ0n) is 13.1. The first-order chi connectivity index (χ1) is 9.61. The Morgan fingerprint density at radius 3 is 2.75 bits per heavy atom. The van der Waals surface area contributed by atoms with Gasteiger partial charge in [0.2, 0.25) is 0 Å². The molecule has 0 amide bonds. The topological polar surface area (TPSA) is 19.0 Å². The molecule has 4 heteroatoms. The molecular weight excluding hydrogens is 250 g/mol. The summed E-state index contributed by atoms with van der Waals surface area (Å²) in [5.41, 5.74) is 1.18. The fourth-order valence-electron chi connectivity index (χ4n) is 3.12. The number of ether oxygens (including phenoxy) is 1. The Bertz CT molecular complexity index is 345. The zero-order chi connectivity index (χ0) is 14.5. The van der Waals surface area contributed by atoms with Crippen molar-refractivity contribution in [3.8, 4) is 0 Å². The van der Waals surface area contributed by atoms with Crippen LogP contribution in [0.4, 0.5) is 0 Å². The van der Waals surface area contributed by atoms with E-state index in [4.69, 9.17) is 4.74 Å². The minimum Gasteiger partial charge on any atom is -0.379 e. The molecule has 2 aliphatic rings. The van der Waals surface area contributed by atoms with E-state index in [9.17, 15) is 0 Å². The normalized spacial score (nSPS) is 29.4. The van der Waals surface area contributed by atoms with E-state index >= 15 is 0 Å². The van der Waals surface area contributed by atoms with Crippen molar-refractivity contribution in [2.24, 2.45) is 0 Å². The van der Waals surface area contributed by atoms with Crippen molar-refractivity contribution in [2.75, 3.05) is 52.5 Å². The molecule has 0 aromatic heterocycles. The lowest BCUT2D eigenvalue weighted by atomic mass is 10.1. The predicted octanol–water partition coefficient (Wildman–Crippen LogP) is 1.41. The Kier molecular flexibility index (Phi) is 5.64. The maximum absolute atomic E-state index is 5.54. The number of morpholine rings is 1. The summed E-state index contributed by atoms with van der Waals surface area (Å²) in [7, 11) is 0. The Morgan fingerprint density at radius 1 is 1.30 bits per heavy atom. The van der Waals surface area contributed by atoms with E-state index in [-0.39, 0.29) is 0 Å². The van der Waals surface area contributed by atoms with Gasteiger partial charge in [-0.3, -0.25) is 9.80 Å². The third-order valence-corrected chi connectivity index (χ3v) is 4.46. The van der Waals surface area contributed by atoms with Gasteiger partial charge in [0.25, 0.3) is 0 Å². The predicted molar refractivity (Wildman–Crippen MR) is 83.8 cm³/mol. The number of nitrogens with zero attached hydrogens (tertiary/aromatic N) is 3. The Morgan fingerprint density at radius 2 is 2.10 bits per heavy atom. The van der Waals surface area contributed by atoms with E-state index in [1.54, 1.807) is 0 Å². The van der Waals surface area contributed by atoms with Crippen molar-refractivity contribution in [3.63, 3.8) is 0 Å². The van der Waals surface area contributed by atoms with Crippen molar-refractivity contribution in [2.45, 2.75) is 25.9 Å². The van der Waals surface area contributed by atoms with Crippen molar-refractivity contribution in [1.29, 1.82) is 0 Å². The van der Waals surface area contributed by atoms with Gasteiger partial charge in [0.05, 0.1) is 13.2 Å². The van der Waals surface area contributed by atoms with Crippen LogP contribution in [0.2, 0.25) is 0 Å². The van der Waals surface area contributed by atoms with E-state index in [2.05, 4.69) is 41.7 Å². The second kappa shape index (κ2) is 7.25. The molecule has 2 fully saturated rings. The van der Waals surface area contributed by atoms with Crippen LogP contribution in [0.25, 0.3) is 0 Å². The highest BCUT2D eigenvalue weighted by Gasteiger charge is 2.30. The molecule has 0 radical (unpaired) electrons. The van der Waals surface area contributed by atoms with Gasteiger partial charge < -0.3 is 9.64 Å². The number of piperazine rings is 1. The van der Waals surface area contributed by atoms with Crippen LogP contribution in [-0.2, 0) is 4.74 Å². The van der Waals surface area contributed by atoms with Crippen molar-refractivity contribution in [3.05, 3.63) is 24.9 Å². The van der Waals surface area contributed by atoms with E-state index in [1.807, 2.05) is 6.08 Å². The van der Waals surface area contributed by atoms with Crippen LogP contribution < -0.4 is 0 Å². The summed E-state index contributed by atoms with van der Waals surface area (Å²) in [4.78, 5) is 7.52. The van der Waals surface area contributed by atoms with E-state index < -0.39 is 0 Å². The van der Waals surface area contributed by atoms with Gasteiger partial charge in [0.1, 0.15) is 0 Å². The molecule has 0 aliphatic carbocycles. The number of hydrogen-bond acceptors (Lipinski definition) is 4. The minimum absolute atomic E-state index is 0.523. The average molecular weight is 279 g/mol. The average Bonchev–Trinajstić information content (AvgIpc) is 2.43. The third-order valence-electron chi connectivity index (χ3n) is 4.46. The molecule has 2 rings (SSSR count). The van der Waals surface area contributed by atoms with Gasteiger partial charge in [0, 0.05) is 57.0 Å². The van der Waals surface area contributed by atoms with Crippen LogP contribution in [0.15, 0.2) is 24.9 Å². The molecule has 2 heterocycles. The largest absolute Gasteiger partial charge is 0.379 e. The van der Waals surface area contributed by atoms with Crippen LogP contribution in [0.1, 0.15) is 13.8 Å². The molecule has 2 saturated heterocycles. The van der Waals surface area contributed by atoms with Gasteiger partial charge in [-0.2, -0.15) is 0 Å². The molecule has 0 spiro atoms. The second-order valence-corrected chi connectivity index (χ2v) is 6.04. The van der Waals surface area contributed by atoms with Crippen LogP contribution in [-0.4, -0.2) is 79.3 Å². The summed E-state index contributed by atoms with van der Waals surface area (Å²) >= 11 is 0. The number of hydrogen-bond donors (Lipinski definition) is 0. The molecule has 2 unspecified atom stereocenters. The molecule has 2 atom stereocenters. The molecule has 0 N–H and O–H groups in total. The quantitative estimate of drug-likeness (QED) is 0.708. The lowest BCUT2D eigenvalue weighted by molar-refractivity contribution is -0.0208. The van der Waals surface area contributed by atoms with E-state index in [0.717, 1.165) is 52.5 Å². The second-order valence-electron chi connectivity index (χ2n) is 6.04. The monoisotopic (exact) mass is 279 g/mol. The van der Waals surface area contributed by atoms with Gasteiger partial charge in [-0.05, 0) is 13.8 Å². The Labute approximate surface area is 123 Å². The lowest BCUT2D eigenvalue weighted by Crippen LogP contribution is -2.58. The van der Waals surface area contributed by atoms with Crippen LogP contribution in [0.5, 0.6) is 0 Å². The number of allylic oxidation sites excluding steroid dienone is 1. The summed E-state index contributed by atoms with van der Waals surface area (Å²) in [6.45, 7) is 20.5. The maximum atomic E-state index is 5.54. The van der Waals surface area contributed by atoms with Gasteiger partial charge in [0.15, 0.2) is 0 Å². The third kappa shape index (κ3) is 3.84. The van der Waals surface area contributed by atoms with Gasteiger partial charge >= 0.3 is 0 Å². The molecular formula is C16H29N3O. The van der Waals surface area contributed by atoms with E-state index in [0.29, 0.717) is 12.1 Å². The van der Waals surface area contributed by atoms with Crippen molar-refractivity contribution in [1.82, 2.24) is 14.7 Å². The molecule has 20 heavy (non-hydrogen) atoms. The molecule has 0 aromatic carbocycles. The SMILES string of the molecule is C=CCN1CCN(C(=C)C)CC1CN1CCOCC1C. The van der Waals surface area contributed by atoms with Crippen molar-refractivity contribution >= 4 is 0 Å². The van der Waals surface area contributed by atoms with Gasteiger partial charge in [-0.1, -0.05) is 12.7 Å². The molecule has 114 valence electrons. The fourth-order valence-corrected chi connectivity index (χ4v) is 3.12. The summed E-state index contributed by atoms with van der Waals surface area (Å²) < 4.78 is 5.54. The van der Waals surface area contributed by atoms with Crippen molar-refractivity contribution < 1.29 is 4.74 Å². The first-order valence-corrected chi connectivity index (χ1v) is 7.69. The van der Waals surface area contributed by atoms with Crippen LogP contribution in [0, 0.1) is 0 Å². The summed E-state index contributed by atoms with van der Waals surface area (Å²) in [5, 5.41) is 0. The molecule has 0 saturated carbocycles. The smallest absolute Gasteiger partial charge is 0.0619 e. The highest BCUT2D eigenvalue weighted by molar-refractivity contribution is 4.97. The van der Waals surface area contributed by atoms with E-state index in [1.165, 1.54) is 5.70 Å². The molecule has 2 aliphatic heterocycles.